The molecule has 1 aliphatic heterocycles. The summed E-state index contributed by atoms with van der Waals surface area (Å²) in [7, 11) is 1.93. The summed E-state index contributed by atoms with van der Waals surface area (Å²) >= 11 is 6.36. The molecule has 0 aromatic heterocycles. The van der Waals surface area contributed by atoms with E-state index in [9.17, 15) is 4.79 Å². The third-order valence-corrected chi connectivity index (χ3v) is 4.40. The Kier molecular flexibility index (Phi) is 7.18. The predicted molar refractivity (Wildman–Crippen MR) is 96.4 cm³/mol. The van der Waals surface area contributed by atoms with Gasteiger partial charge in [0.25, 0.3) is 5.91 Å². The lowest BCUT2D eigenvalue weighted by Crippen LogP contribution is -2.46. The molecule has 1 aromatic carbocycles. The van der Waals surface area contributed by atoms with Crippen molar-refractivity contribution in [3.8, 4) is 11.5 Å². The van der Waals surface area contributed by atoms with E-state index in [1.165, 1.54) is 0 Å². The Morgan fingerprint density at radius 2 is 2.17 bits per heavy atom. The lowest BCUT2D eigenvalue weighted by atomic mass is 10.0. The molecule has 0 bridgehead atoms. The van der Waals surface area contributed by atoms with Crippen molar-refractivity contribution in [3.05, 3.63) is 22.7 Å². The molecule has 1 aromatic rings. The van der Waals surface area contributed by atoms with E-state index in [4.69, 9.17) is 21.1 Å². The summed E-state index contributed by atoms with van der Waals surface area (Å²) in [5.41, 5.74) is 0.545. The van der Waals surface area contributed by atoms with Crippen LogP contribution in [0.15, 0.2) is 12.1 Å². The zero-order valence-corrected chi connectivity index (χ0v) is 15.5. The maximum absolute atomic E-state index is 12.8. The molecule has 24 heavy (non-hydrogen) atoms. The lowest BCUT2D eigenvalue weighted by molar-refractivity contribution is 0.0697. The van der Waals surface area contributed by atoms with Gasteiger partial charge in [-0.05, 0) is 45.4 Å². The Labute approximate surface area is 149 Å². The normalized spacial score (nSPS) is 17.7. The minimum absolute atomic E-state index is 0.0140. The molecule has 1 N–H and O–H groups in total. The second-order valence-electron chi connectivity index (χ2n) is 5.95. The van der Waals surface area contributed by atoms with E-state index in [0.717, 1.165) is 25.8 Å². The van der Waals surface area contributed by atoms with Gasteiger partial charge in [-0.1, -0.05) is 18.5 Å². The average Bonchev–Trinajstić information content (AvgIpc) is 2.60. The van der Waals surface area contributed by atoms with Gasteiger partial charge < -0.3 is 19.7 Å². The van der Waals surface area contributed by atoms with Crippen molar-refractivity contribution in [2.75, 3.05) is 33.4 Å². The Morgan fingerprint density at radius 3 is 2.83 bits per heavy atom. The molecule has 1 fully saturated rings. The van der Waals surface area contributed by atoms with Crippen LogP contribution in [-0.4, -0.2) is 50.2 Å². The summed E-state index contributed by atoms with van der Waals surface area (Å²) in [6, 6.07) is 3.77. The molecule has 1 heterocycles. The highest BCUT2D eigenvalue weighted by Gasteiger charge is 2.25. The minimum Gasteiger partial charge on any atom is -0.490 e. The van der Waals surface area contributed by atoms with Crippen molar-refractivity contribution in [2.45, 2.75) is 39.2 Å². The third kappa shape index (κ3) is 4.54. The molecule has 0 saturated carbocycles. The van der Waals surface area contributed by atoms with Gasteiger partial charge in [-0.3, -0.25) is 4.79 Å². The topological polar surface area (TPSA) is 50.8 Å². The number of rotatable bonds is 7. The molecule has 0 radical (unpaired) electrons. The summed E-state index contributed by atoms with van der Waals surface area (Å²) in [6.07, 6.45) is 2.97. The zero-order valence-electron chi connectivity index (χ0n) is 14.7. The Balaban J connectivity index is 2.24. The summed E-state index contributed by atoms with van der Waals surface area (Å²) in [6.45, 7) is 6.46. The summed E-state index contributed by atoms with van der Waals surface area (Å²) in [4.78, 5) is 14.7. The number of halogens is 1. The van der Waals surface area contributed by atoms with E-state index < -0.39 is 0 Å². The van der Waals surface area contributed by atoms with Crippen molar-refractivity contribution in [3.63, 3.8) is 0 Å². The van der Waals surface area contributed by atoms with Crippen LogP contribution in [0.25, 0.3) is 0 Å². The number of likely N-dealkylation sites (tertiary alicyclic amines) is 1. The maximum atomic E-state index is 12.8. The van der Waals surface area contributed by atoms with Gasteiger partial charge >= 0.3 is 0 Å². The van der Waals surface area contributed by atoms with Gasteiger partial charge in [-0.25, -0.2) is 0 Å². The second kappa shape index (κ2) is 9.14. The van der Waals surface area contributed by atoms with Crippen LogP contribution >= 0.6 is 11.6 Å². The SMILES string of the molecule is CCCOc1c(Cl)cc(C(=O)N2CCCC(NC)C2)cc1OCC. The predicted octanol–water partition coefficient (Wildman–Crippen LogP) is 3.35. The number of benzene rings is 1. The zero-order chi connectivity index (χ0) is 17.5. The summed E-state index contributed by atoms with van der Waals surface area (Å²) in [5, 5.41) is 3.67. The Morgan fingerprint density at radius 1 is 1.38 bits per heavy atom. The fourth-order valence-electron chi connectivity index (χ4n) is 2.88. The molecule has 0 aliphatic carbocycles. The van der Waals surface area contributed by atoms with Crippen molar-refractivity contribution < 1.29 is 14.3 Å². The third-order valence-electron chi connectivity index (χ3n) is 4.12. The molecule has 1 saturated heterocycles. The molecule has 134 valence electrons. The molecule has 1 amide bonds. The molecule has 5 nitrogen and oxygen atoms in total. The fourth-order valence-corrected chi connectivity index (χ4v) is 3.14. The highest BCUT2D eigenvalue weighted by Crippen LogP contribution is 2.37. The number of nitrogens with one attached hydrogen (secondary N) is 1. The number of ether oxygens (including phenoxy) is 2. The second-order valence-corrected chi connectivity index (χ2v) is 6.35. The first-order chi connectivity index (χ1) is 11.6. The number of hydrogen-bond donors (Lipinski definition) is 1. The first-order valence-electron chi connectivity index (χ1n) is 8.66. The van der Waals surface area contributed by atoms with E-state index in [1.807, 2.05) is 25.8 Å². The van der Waals surface area contributed by atoms with Crippen LogP contribution in [0.2, 0.25) is 5.02 Å². The van der Waals surface area contributed by atoms with Crippen LogP contribution in [-0.2, 0) is 0 Å². The first-order valence-corrected chi connectivity index (χ1v) is 9.04. The maximum Gasteiger partial charge on any atom is 0.254 e. The largest absolute Gasteiger partial charge is 0.490 e. The van der Waals surface area contributed by atoms with Gasteiger partial charge in [-0.15, -0.1) is 0 Å². The van der Waals surface area contributed by atoms with Crippen LogP contribution in [0, 0.1) is 0 Å². The standard InChI is InChI=1S/C18H27ClN2O3/c1-4-9-24-17-15(19)10-13(11-16(17)23-5-2)18(22)21-8-6-7-14(12-21)20-3/h10-11,14,20H,4-9,12H2,1-3H3. The molecule has 2 rings (SSSR count). The number of nitrogens with zero attached hydrogens (tertiary/aromatic N) is 1. The van der Waals surface area contributed by atoms with Gasteiger partial charge in [-0.2, -0.15) is 0 Å². The molecular weight excluding hydrogens is 328 g/mol. The first kappa shape index (κ1) is 18.9. The van der Waals surface area contributed by atoms with Gasteiger partial charge in [0.2, 0.25) is 0 Å². The quantitative estimate of drug-likeness (QED) is 0.815. The van der Waals surface area contributed by atoms with Crippen LogP contribution in [0.1, 0.15) is 43.5 Å². The van der Waals surface area contributed by atoms with Crippen LogP contribution < -0.4 is 14.8 Å². The summed E-state index contributed by atoms with van der Waals surface area (Å²) in [5.74, 6) is 1.03. The van der Waals surface area contributed by atoms with Crippen molar-refractivity contribution >= 4 is 17.5 Å². The molecule has 1 unspecified atom stereocenters. The highest BCUT2D eigenvalue weighted by atomic mass is 35.5. The van der Waals surface area contributed by atoms with Crippen molar-refractivity contribution in [1.29, 1.82) is 0 Å². The highest BCUT2D eigenvalue weighted by molar-refractivity contribution is 6.32. The molecule has 1 atom stereocenters. The lowest BCUT2D eigenvalue weighted by Gasteiger charge is -2.32. The van der Waals surface area contributed by atoms with E-state index >= 15 is 0 Å². The number of carbonyl (C=O) groups excluding carboxylic acids is 1. The summed E-state index contributed by atoms with van der Waals surface area (Å²) < 4.78 is 11.3. The molecular formula is C18H27ClN2O3. The van der Waals surface area contributed by atoms with Gasteiger partial charge in [0.1, 0.15) is 0 Å². The molecule has 0 spiro atoms. The van der Waals surface area contributed by atoms with E-state index in [2.05, 4.69) is 5.32 Å². The van der Waals surface area contributed by atoms with Crippen molar-refractivity contribution in [2.24, 2.45) is 0 Å². The van der Waals surface area contributed by atoms with E-state index in [1.54, 1.807) is 12.1 Å². The molecule has 6 heteroatoms. The minimum atomic E-state index is -0.0140. The smallest absolute Gasteiger partial charge is 0.254 e. The van der Waals surface area contributed by atoms with Crippen LogP contribution in [0.3, 0.4) is 0 Å². The average molecular weight is 355 g/mol. The fraction of sp³-hybridized carbons (Fsp3) is 0.611. The Hall–Kier alpha value is -1.46. The van der Waals surface area contributed by atoms with E-state index in [0.29, 0.717) is 47.9 Å². The van der Waals surface area contributed by atoms with Gasteiger partial charge in [0.05, 0.1) is 18.2 Å². The van der Waals surface area contributed by atoms with E-state index in [-0.39, 0.29) is 5.91 Å². The monoisotopic (exact) mass is 354 g/mol. The molecule has 1 aliphatic rings. The number of likely N-dealkylation sites (N-methyl/N-ethyl adjacent to an activating group) is 1. The number of amides is 1. The van der Waals surface area contributed by atoms with Crippen LogP contribution in [0.4, 0.5) is 0 Å². The van der Waals surface area contributed by atoms with Gasteiger partial charge in [0.15, 0.2) is 11.5 Å². The number of carbonyl (C=O) groups is 1. The van der Waals surface area contributed by atoms with Crippen molar-refractivity contribution in [1.82, 2.24) is 10.2 Å². The number of hydrogen-bond acceptors (Lipinski definition) is 4. The Bertz CT molecular complexity index is 565. The van der Waals surface area contributed by atoms with Crippen LogP contribution in [0.5, 0.6) is 11.5 Å². The number of piperidine rings is 1. The van der Waals surface area contributed by atoms with Gasteiger partial charge in [0, 0.05) is 24.7 Å².